The van der Waals surface area contributed by atoms with Crippen molar-refractivity contribution in [2.45, 2.75) is 13.3 Å². The number of hydrogen-bond donors (Lipinski definition) is 1. The van der Waals surface area contributed by atoms with E-state index in [2.05, 4.69) is 38.0 Å². The Kier molecular flexibility index (Phi) is 4.70. The van der Waals surface area contributed by atoms with E-state index in [1.165, 1.54) is 0 Å². The summed E-state index contributed by atoms with van der Waals surface area (Å²) in [7, 11) is 0. The predicted octanol–water partition coefficient (Wildman–Crippen LogP) is 4.22. The third-order valence-corrected chi connectivity index (χ3v) is 4.75. The number of hydrogen-bond acceptors (Lipinski definition) is 7. The van der Waals surface area contributed by atoms with Gasteiger partial charge < -0.3 is 9.84 Å². The fraction of sp³-hybridized carbons (Fsp3) is 0.158. The van der Waals surface area contributed by atoms with Crippen LogP contribution < -0.4 is 5.32 Å². The van der Waals surface area contributed by atoms with Crippen LogP contribution in [0.25, 0.3) is 22.0 Å². The molecule has 4 rings (SSSR count). The minimum atomic E-state index is 0.470. The monoisotopic (exact) mass is 363 g/mol. The van der Waals surface area contributed by atoms with Crippen molar-refractivity contribution in [2.75, 3.05) is 11.9 Å². The molecule has 0 spiro atoms. The van der Waals surface area contributed by atoms with Gasteiger partial charge in [-0.05, 0) is 19.1 Å². The molecule has 0 bridgehead atoms. The van der Waals surface area contributed by atoms with E-state index < -0.39 is 0 Å². The first kappa shape index (κ1) is 16.4. The maximum Gasteiger partial charge on any atom is 0.261 e. The Bertz CT molecular complexity index is 996. The molecule has 0 aliphatic carbocycles. The Balaban J connectivity index is 1.42. The molecule has 0 aliphatic heterocycles. The minimum absolute atomic E-state index is 0.470. The first-order valence-corrected chi connectivity index (χ1v) is 9.17. The highest BCUT2D eigenvalue weighted by Gasteiger charge is 2.12. The molecule has 3 aromatic heterocycles. The standard InChI is InChI=1S/C19H17N5OS/c1-13-22-18(25-24-13)16-8-5-10-20-17(16)21-11-9-15-12-26-19(23-15)14-6-3-2-4-7-14/h2-8,10,12H,9,11H2,1H3,(H,20,21). The van der Waals surface area contributed by atoms with E-state index in [4.69, 9.17) is 9.51 Å². The third kappa shape index (κ3) is 3.62. The zero-order valence-corrected chi connectivity index (χ0v) is 15.0. The second-order valence-electron chi connectivity index (χ2n) is 5.73. The van der Waals surface area contributed by atoms with Gasteiger partial charge in [-0.25, -0.2) is 9.97 Å². The van der Waals surface area contributed by atoms with Gasteiger partial charge in [0, 0.05) is 30.1 Å². The molecule has 0 fully saturated rings. The predicted molar refractivity (Wildman–Crippen MR) is 102 cm³/mol. The molecule has 1 aromatic carbocycles. The van der Waals surface area contributed by atoms with Gasteiger partial charge in [-0.3, -0.25) is 0 Å². The van der Waals surface area contributed by atoms with Crippen LogP contribution in [0, 0.1) is 6.92 Å². The van der Waals surface area contributed by atoms with Gasteiger partial charge in [0.15, 0.2) is 5.82 Å². The first-order chi connectivity index (χ1) is 12.8. The number of nitrogens with one attached hydrogen (secondary N) is 1. The Morgan fingerprint density at radius 3 is 2.77 bits per heavy atom. The molecule has 0 atom stereocenters. The number of pyridine rings is 1. The van der Waals surface area contributed by atoms with Crippen LogP contribution in [0.4, 0.5) is 5.82 Å². The van der Waals surface area contributed by atoms with E-state index in [9.17, 15) is 0 Å². The van der Waals surface area contributed by atoms with Crippen molar-refractivity contribution >= 4 is 17.2 Å². The van der Waals surface area contributed by atoms with Gasteiger partial charge in [-0.2, -0.15) is 4.98 Å². The van der Waals surface area contributed by atoms with Crippen molar-refractivity contribution in [3.8, 4) is 22.0 Å². The van der Waals surface area contributed by atoms with E-state index in [0.717, 1.165) is 40.6 Å². The Morgan fingerprint density at radius 2 is 1.96 bits per heavy atom. The van der Waals surface area contributed by atoms with Crippen LogP contribution in [0.5, 0.6) is 0 Å². The molecule has 0 aliphatic rings. The van der Waals surface area contributed by atoms with Crippen LogP contribution in [-0.2, 0) is 6.42 Å². The smallest absolute Gasteiger partial charge is 0.261 e. The van der Waals surface area contributed by atoms with Gasteiger partial charge in [0.05, 0.1) is 11.3 Å². The SMILES string of the molecule is Cc1noc(-c2cccnc2NCCc2csc(-c3ccccc3)n2)n1. The zero-order valence-electron chi connectivity index (χ0n) is 14.2. The largest absolute Gasteiger partial charge is 0.369 e. The summed E-state index contributed by atoms with van der Waals surface area (Å²) in [4.78, 5) is 13.4. The lowest BCUT2D eigenvalue weighted by Gasteiger charge is -2.07. The number of aryl methyl sites for hydroxylation is 1. The van der Waals surface area contributed by atoms with Gasteiger partial charge in [-0.15, -0.1) is 11.3 Å². The molecule has 0 radical (unpaired) electrons. The van der Waals surface area contributed by atoms with Crippen LogP contribution >= 0.6 is 11.3 Å². The van der Waals surface area contributed by atoms with Crippen molar-refractivity contribution < 1.29 is 4.52 Å². The lowest BCUT2D eigenvalue weighted by atomic mass is 10.2. The summed E-state index contributed by atoms with van der Waals surface area (Å²) in [5.74, 6) is 1.80. The van der Waals surface area contributed by atoms with E-state index in [-0.39, 0.29) is 0 Å². The van der Waals surface area contributed by atoms with E-state index in [0.29, 0.717) is 11.7 Å². The summed E-state index contributed by atoms with van der Waals surface area (Å²) in [5, 5.41) is 10.3. The molecule has 0 unspecified atom stereocenters. The molecule has 26 heavy (non-hydrogen) atoms. The summed E-state index contributed by atoms with van der Waals surface area (Å²) < 4.78 is 5.26. The lowest BCUT2D eigenvalue weighted by molar-refractivity contribution is 0.425. The quantitative estimate of drug-likeness (QED) is 0.553. The Labute approximate surface area is 155 Å². The molecule has 0 saturated carbocycles. The molecular formula is C19H17N5OS. The van der Waals surface area contributed by atoms with Crippen molar-refractivity contribution in [2.24, 2.45) is 0 Å². The average molecular weight is 363 g/mol. The van der Waals surface area contributed by atoms with Crippen molar-refractivity contribution in [1.82, 2.24) is 20.1 Å². The highest BCUT2D eigenvalue weighted by atomic mass is 32.1. The van der Waals surface area contributed by atoms with Crippen molar-refractivity contribution in [1.29, 1.82) is 0 Å². The number of thiazole rings is 1. The molecule has 7 heteroatoms. The highest BCUT2D eigenvalue weighted by molar-refractivity contribution is 7.13. The van der Waals surface area contributed by atoms with Crippen LogP contribution in [0.2, 0.25) is 0 Å². The molecule has 0 amide bonds. The normalized spacial score (nSPS) is 10.8. The van der Waals surface area contributed by atoms with Gasteiger partial charge in [0.1, 0.15) is 10.8 Å². The molecule has 6 nitrogen and oxygen atoms in total. The zero-order chi connectivity index (χ0) is 17.8. The van der Waals surface area contributed by atoms with Crippen molar-refractivity contribution in [3.63, 3.8) is 0 Å². The van der Waals surface area contributed by atoms with Crippen LogP contribution in [-0.4, -0.2) is 26.7 Å². The maximum absolute atomic E-state index is 5.26. The number of aromatic nitrogens is 4. The summed E-state index contributed by atoms with van der Waals surface area (Å²) in [6, 6.07) is 14.0. The van der Waals surface area contributed by atoms with Gasteiger partial charge in [-0.1, -0.05) is 35.5 Å². The number of benzene rings is 1. The maximum atomic E-state index is 5.26. The molecule has 0 saturated heterocycles. The Morgan fingerprint density at radius 1 is 1.08 bits per heavy atom. The van der Waals surface area contributed by atoms with Crippen LogP contribution in [0.3, 0.4) is 0 Å². The van der Waals surface area contributed by atoms with Gasteiger partial charge in [0.25, 0.3) is 5.89 Å². The van der Waals surface area contributed by atoms with E-state index in [1.807, 2.05) is 30.3 Å². The molecule has 4 aromatic rings. The van der Waals surface area contributed by atoms with E-state index >= 15 is 0 Å². The summed E-state index contributed by atoms with van der Waals surface area (Å²) in [5.41, 5.74) is 3.01. The van der Waals surface area contributed by atoms with Gasteiger partial charge >= 0.3 is 0 Å². The second-order valence-corrected chi connectivity index (χ2v) is 6.59. The fourth-order valence-corrected chi connectivity index (χ4v) is 3.43. The van der Waals surface area contributed by atoms with Crippen molar-refractivity contribution in [3.05, 3.63) is 65.6 Å². The lowest BCUT2D eigenvalue weighted by Crippen LogP contribution is -2.07. The average Bonchev–Trinajstić information content (AvgIpc) is 3.32. The Hall–Kier alpha value is -3.06. The number of rotatable bonds is 6. The highest BCUT2D eigenvalue weighted by Crippen LogP contribution is 2.25. The van der Waals surface area contributed by atoms with Crippen LogP contribution in [0.1, 0.15) is 11.5 Å². The summed E-state index contributed by atoms with van der Waals surface area (Å²) in [6.45, 7) is 2.51. The molecule has 1 N–H and O–H groups in total. The number of nitrogens with zero attached hydrogens (tertiary/aromatic N) is 4. The molecule has 130 valence electrons. The summed E-state index contributed by atoms with van der Waals surface area (Å²) >= 11 is 1.66. The first-order valence-electron chi connectivity index (χ1n) is 8.29. The minimum Gasteiger partial charge on any atom is -0.369 e. The summed E-state index contributed by atoms with van der Waals surface area (Å²) in [6.07, 6.45) is 2.55. The van der Waals surface area contributed by atoms with E-state index in [1.54, 1.807) is 24.5 Å². The topological polar surface area (TPSA) is 76.7 Å². The molecular weight excluding hydrogens is 346 g/mol. The fourth-order valence-electron chi connectivity index (χ4n) is 2.57. The third-order valence-electron chi connectivity index (χ3n) is 3.81. The van der Waals surface area contributed by atoms with Gasteiger partial charge in [0.2, 0.25) is 0 Å². The second kappa shape index (κ2) is 7.45. The van der Waals surface area contributed by atoms with Crippen LogP contribution in [0.15, 0.2) is 58.6 Å². The molecule has 3 heterocycles. The number of anilines is 1.